The topological polar surface area (TPSA) is 109 Å². The van der Waals surface area contributed by atoms with Gasteiger partial charge in [-0.15, -0.1) is 5.10 Å². The van der Waals surface area contributed by atoms with Gasteiger partial charge in [0, 0.05) is 18.9 Å². The zero-order valence-electron chi connectivity index (χ0n) is 9.88. The maximum absolute atomic E-state index is 5.63. The number of nitrogens with two attached hydrogens (primary N) is 2. The van der Waals surface area contributed by atoms with E-state index in [4.69, 9.17) is 11.5 Å². The number of aromatic nitrogens is 5. The van der Waals surface area contributed by atoms with Crippen molar-refractivity contribution in [1.82, 2.24) is 24.7 Å². The van der Waals surface area contributed by atoms with Crippen LogP contribution in [0.25, 0.3) is 5.82 Å². The molecule has 2 heterocycles. The fourth-order valence-corrected chi connectivity index (χ4v) is 1.53. The zero-order valence-corrected chi connectivity index (χ0v) is 9.88. The first-order valence-electron chi connectivity index (χ1n) is 5.49. The highest BCUT2D eigenvalue weighted by atomic mass is 15.4. The molecule has 7 heteroatoms. The van der Waals surface area contributed by atoms with Gasteiger partial charge in [-0.3, -0.25) is 0 Å². The van der Waals surface area contributed by atoms with Gasteiger partial charge >= 0.3 is 0 Å². The van der Waals surface area contributed by atoms with E-state index in [1.54, 1.807) is 10.7 Å². The number of rotatable bonds is 3. The molecule has 2 aromatic rings. The molecule has 0 atom stereocenters. The second kappa shape index (κ2) is 4.36. The van der Waals surface area contributed by atoms with E-state index in [1.165, 1.54) is 0 Å². The minimum Gasteiger partial charge on any atom is -0.383 e. The van der Waals surface area contributed by atoms with Crippen LogP contribution in [0.15, 0.2) is 6.07 Å². The normalized spacial score (nSPS) is 10.7. The highest BCUT2D eigenvalue weighted by Gasteiger charge is 2.11. The summed E-state index contributed by atoms with van der Waals surface area (Å²) < 4.78 is 1.66. The van der Waals surface area contributed by atoms with E-state index < -0.39 is 0 Å². The van der Waals surface area contributed by atoms with Gasteiger partial charge in [-0.05, 0) is 0 Å². The third kappa shape index (κ3) is 2.17. The fourth-order valence-electron chi connectivity index (χ4n) is 1.53. The molecule has 0 amide bonds. The SMILES string of the molecule is CCc1nc(CC)n(-c2cc(N)nc(N)n2)n1. The predicted molar refractivity (Wildman–Crippen MR) is 64.5 cm³/mol. The van der Waals surface area contributed by atoms with Crippen LogP contribution in [0.1, 0.15) is 25.5 Å². The Morgan fingerprint density at radius 1 is 1.12 bits per heavy atom. The molecule has 0 aliphatic heterocycles. The molecule has 0 radical (unpaired) electrons. The van der Waals surface area contributed by atoms with Crippen LogP contribution in [-0.2, 0) is 12.8 Å². The summed E-state index contributed by atoms with van der Waals surface area (Å²) in [6.45, 7) is 4.01. The summed E-state index contributed by atoms with van der Waals surface area (Å²) in [5.41, 5.74) is 11.2. The minimum absolute atomic E-state index is 0.135. The third-order valence-corrected chi connectivity index (χ3v) is 2.32. The van der Waals surface area contributed by atoms with E-state index in [2.05, 4.69) is 20.1 Å². The quantitative estimate of drug-likeness (QED) is 0.791. The lowest BCUT2D eigenvalue weighted by atomic mass is 10.4. The molecule has 0 bridgehead atoms. The van der Waals surface area contributed by atoms with Crippen molar-refractivity contribution in [3.8, 4) is 5.82 Å². The van der Waals surface area contributed by atoms with E-state index in [0.29, 0.717) is 11.6 Å². The number of hydrogen-bond acceptors (Lipinski definition) is 6. The lowest BCUT2D eigenvalue weighted by Gasteiger charge is -2.04. The molecule has 2 rings (SSSR count). The largest absolute Gasteiger partial charge is 0.383 e. The van der Waals surface area contributed by atoms with Gasteiger partial charge in [-0.25, -0.2) is 4.98 Å². The Morgan fingerprint density at radius 3 is 2.47 bits per heavy atom. The predicted octanol–water partition coefficient (Wildman–Crippen LogP) is 0.346. The van der Waals surface area contributed by atoms with Crippen molar-refractivity contribution >= 4 is 11.8 Å². The van der Waals surface area contributed by atoms with E-state index in [9.17, 15) is 0 Å². The Morgan fingerprint density at radius 2 is 1.88 bits per heavy atom. The minimum atomic E-state index is 0.135. The average molecular weight is 233 g/mol. The highest BCUT2D eigenvalue weighted by molar-refractivity contribution is 5.42. The van der Waals surface area contributed by atoms with Crippen molar-refractivity contribution in [2.24, 2.45) is 0 Å². The number of anilines is 2. The standard InChI is InChI=1S/C10H15N7/c1-3-7-14-8(4-2)17(16-7)9-5-6(11)13-10(12)15-9/h5H,3-4H2,1-2H3,(H4,11,12,13,15). The molecule has 0 aliphatic rings. The molecule has 0 aliphatic carbocycles. The maximum atomic E-state index is 5.63. The van der Waals surface area contributed by atoms with E-state index in [0.717, 1.165) is 24.5 Å². The lowest BCUT2D eigenvalue weighted by Crippen LogP contribution is -2.09. The molecule has 0 aromatic carbocycles. The Hall–Kier alpha value is -2.18. The summed E-state index contributed by atoms with van der Waals surface area (Å²) in [6.07, 6.45) is 1.53. The van der Waals surface area contributed by atoms with Crippen molar-refractivity contribution in [2.45, 2.75) is 26.7 Å². The lowest BCUT2D eigenvalue weighted by molar-refractivity contribution is 0.768. The molecule has 7 nitrogen and oxygen atoms in total. The van der Waals surface area contributed by atoms with Crippen molar-refractivity contribution in [3.05, 3.63) is 17.7 Å². The zero-order chi connectivity index (χ0) is 12.4. The van der Waals surface area contributed by atoms with Crippen LogP contribution in [0.5, 0.6) is 0 Å². The summed E-state index contributed by atoms with van der Waals surface area (Å²) in [5.74, 6) is 2.62. The van der Waals surface area contributed by atoms with Crippen LogP contribution < -0.4 is 11.5 Å². The summed E-state index contributed by atoms with van der Waals surface area (Å²) >= 11 is 0. The van der Waals surface area contributed by atoms with Gasteiger partial charge in [0.2, 0.25) is 5.95 Å². The number of hydrogen-bond donors (Lipinski definition) is 2. The van der Waals surface area contributed by atoms with Gasteiger partial charge < -0.3 is 11.5 Å². The number of nitrogen functional groups attached to an aromatic ring is 2. The monoisotopic (exact) mass is 233 g/mol. The maximum Gasteiger partial charge on any atom is 0.224 e. The molecule has 4 N–H and O–H groups in total. The van der Waals surface area contributed by atoms with Crippen LogP contribution in [0, 0.1) is 0 Å². The van der Waals surface area contributed by atoms with Gasteiger partial charge in [0.25, 0.3) is 0 Å². The first-order chi connectivity index (χ1) is 8.13. The fraction of sp³-hybridized carbons (Fsp3) is 0.400. The number of aryl methyl sites for hydroxylation is 2. The molecular formula is C10H15N7. The molecule has 90 valence electrons. The Balaban J connectivity index is 2.54. The molecule has 17 heavy (non-hydrogen) atoms. The van der Waals surface area contributed by atoms with Gasteiger partial charge in [0.15, 0.2) is 11.6 Å². The molecular weight excluding hydrogens is 218 g/mol. The van der Waals surface area contributed by atoms with Crippen LogP contribution in [0.4, 0.5) is 11.8 Å². The van der Waals surface area contributed by atoms with Crippen molar-refractivity contribution in [3.63, 3.8) is 0 Å². The summed E-state index contributed by atoms with van der Waals surface area (Å²) in [6, 6.07) is 1.63. The van der Waals surface area contributed by atoms with Gasteiger partial charge in [0.05, 0.1) is 0 Å². The van der Waals surface area contributed by atoms with Gasteiger partial charge in [-0.1, -0.05) is 13.8 Å². The molecule has 0 unspecified atom stereocenters. The summed E-state index contributed by atoms with van der Waals surface area (Å²) in [4.78, 5) is 12.3. The van der Waals surface area contributed by atoms with Crippen LogP contribution in [-0.4, -0.2) is 24.7 Å². The molecule has 0 saturated carbocycles. The van der Waals surface area contributed by atoms with Crippen molar-refractivity contribution in [1.29, 1.82) is 0 Å². The Kier molecular flexibility index (Phi) is 2.90. The highest BCUT2D eigenvalue weighted by Crippen LogP contribution is 2.12. The Bertz CT molecular complexity index is 511. The summed E-state index contributed by atoms with van der Waals surface area (Å²) in [7, 11) is 0. The summed E-state index contributed by atoms with van der Waals surface area (Å²) in [5, 5.41) is 4.36. The van der Waals surface area contributed by atoms with Gasteiger partial charge in [-0.2, -0.15) is 14.6 Å². The first kappa shape index (κ1) is 11.3. The molecule has 0 saturated heterocycles. The van der Waals surface area contributed by atoms with E-state index in [1.807, 2.05) is 13.8 Å². The van der Waals surface area contributed by atoms with Crippen molar-refractivity contribution in [2.75, 3.05) is 11.5 Å². The molecule has 0 fully saturated rings. The van der Waals surface area contributed by atoms with Crippen molar-refractivity contribution < 1.29 is 0 Å². The molecule has 2 aromatic heterocycles. The second-order valence-electron chi connectivity index (χ2n) is 3.57. The average Bonchev–Trinajstić information content (AvgIpc) is 2.70. The van der Waals surface area contributed by atoms with Crippen LogP contribution in [0.3, 0.4) is 0 Å². The first-order valence-corrected chi connectivity index (χ1v) is 5.49. The van der Waals surface area contributed by atoms with E-state index >= 15 is 0 Å². The second-order valence-corrected chi connectivity index (χ2v) is 3.57. The van der Waals surface area contributed by atoms with Crippen LogP contribution >= 0.6 is 0 Å². The van der Waals surface area contributed by atoms with Gasteiger partial charge in [0.1, 0.15) is 11.6 Å². The van der Waals surface area contributed by atoms with E-state index in [-0.39, 0.29) is 5.95 Å². The Labute approximate surface area is 98.9 Å². The molecule has 0 spiro atoms. The smallest absolute Gasteiger partial charge is 0.224 e. The van der Waals surface area contributed by atoms with Crippen LogP contribution in [0.2, 0.25) is 0 Å². The number of nitrogens with zero attached hydrogens (tertiary/aromatic N) is 5. The third-order valence-electron chi connectivity index (χ3n) is 2.32.